The van der Waals surface area contributed by atoms with Gasteiger partial charge < -0.3 is 10.1 Å². The van der Waals surface area contributed by atoms with E-state index in [-0.39, 0.29) is 5.43 Å². The lowest BCUT2D eigenvalue weighted by molar-refractivity contribution is 0.102. The van der Waals surface area contributed by atoms with Crippen LogP contribution in [0.3, 0.4) is 0 Å². The molecule has 144 valence electrons. The van der Waals surface area contributed by atoms with Crippen molar-refractivity contribution in [1.29, 1.82) is 0 Å². The van der Waals surface area contributed by atoms with Crippen molar-refractivity contribution in [2.24, 2.45) is 0 Å². The number of nitrogens with one attached hydrogen (secondary N) is 1. The van der Waals surface area contributed by atoms with E-state index >= 15 is 0 Å². The molecule has 1 N–H and O–H groups in total. The van der Waals surface area contributed by atoms with Crippen LogP contribution >= 0.6 is 11.3 Å². The minimum absolute atomic E-state index is 0.168. The summed E-state index contributed by atoms with van der Waals surface area (Å²) in [5, 5.41) is 3.86. The molecule has 4 aromatic rings. The number of hydrogen-bond donors (Lipinski definition) is 1. The smallest absolute Gasteiger partial charge is 0.256 e. The van der Waals surface area contributed by atoms with Crippen LogP contribution in [0.2, 0.25) is 0 Å². The van der Waals surface area contributed by atoms with E-state index in [1.54, 1.807) is 37.4 Å². The third-order valence-electron chi connectivity index (χ3n) is 4.51. The second kappa shape index (κ2) is 7.85. The van der Waals surface area contributed by atoms with Gasteiger partial charge in [-0.25, -0.2) is 4.39 Å². The Hall–Kier alpha value is -3.51. The van der Waals surface area contributed by atoms with Crippen LogP contribution in [0.5, 0.6) is 5.75 Å². The van der Waals surface area contributed by atoms with Gasteiger partial charge in [-0.15, -0.1) is 11.3 Å². The predicted molar refractivity (Wildman–Crippen MR) is 114 cm³/mol. The quantitative estimate of drug-likeness (QED) is 0.499. The molecule has 0 aliphatic rings. The maximum absolute atomic E-state index is 13.2. The van der Waals surface area contributed by atoms with Gasteiger partial charge in [0, 0.05) is 15.6 Å². The standard InChI is InChI=1S/C23H16FNO3S/c1-28-17-12-8-14(9-13-17)20-21(26)18-4-2-3-5-19(18)29-23(20)25-22(27)15-6-10-16(24)11-7-15/h2-13H,1H3,(H,25,27). The van der Waals surface area contributed by atoms with Crippen molar-refractivity contribution in [3.8, 4) is 16.9 Å². The average molecular weight is 405 g/mol. The summed E-state index contributed by atoms with van der Waals surface area (Å²) in [6.45, 7) is 0. The third-order valence-corrected chi connectivity index (χ3v) is 5.60. The first-order valence-corrected chi connectivity index (χ1v) is 9.65. The summed E-state index contributed by atoms with van der Waals surface area (Å²) >= 11 is 1.32. The Morgan fingerprint density at radius 1 is 0.966 bits per heavy atom. The van der Waals surface area contributed by atoms with Gasteiger partial charge in [-0.2, -0.15) is 0 Å². The predicted octanol–water partition coefficient (Wildman–Crippen LogP) is 5.33. The first-order chi connectivity index (χ1) is 14.1. The highest BCUT2D eigenvalue weighted by Gasteiger charge is 2.17. The highest BCUT2D eigenvalue weighted by molar-refractivity contribution is 7.22. The molecule has 3 aromatic carbocycles. The molecule has 4 rings (SSSR count). The number of rotatable bonds is 4. The molecule has 1 aromatic heterocycles. The number of halogens is 1. The van der Waals surface area contributed by atoms with Gasteiger partial charge in [-0.3, -0.25) is 9.59 Å². The fourth-order valence-electron chi connectivity index (χ4n) is 3.03. The fraction of sp³-hybridized carbons (Fsp3) is 0.0435. The summed E-state index contributed by atoms with van der Waals surface area (Å²) in [4.78, 5) is 25.9. The Labute approximate surface area is 170 Å². The highest BCUT2D eigenvalue weighted by Crippen LogP contribution is 2.34. The van der Waals surface area contributed by atoms with Crippen LogP contribution in [-0.2, 0) is 0 Å². The Morgan fingerprint density at radius 2 is 1.66 bits per heavy atom. The summed E-state index contributed by atoms with van der Waals surface area (Å²) < 4.78 is 19.1. The lowest BCUT2D eigenvalue weighted by Gasteiger charge is -2.12. The van der Waals surface area contributed by atoms with Crippen LogP contribution in [0, 0.1) is 5.82 Å². The third kappa shape index (κ3) is 3.75. The Kier molecular flexibility index (Phi) is 5.10. The largest absolute Gasteiger partial charge is 0.497 e. The van der Waals surface area contributed by atoms with Crippen molar-refractivity contribution >= 4 is 32.3 Å². The van der Waals surface area contributed by atoms with E-state index in [9.17, 15) is 14.0 Å². The second-order valence-corrected chi connectivity index (χ2v) is 7.37. The highest BCUT2D eigenvalue weighted by atomic mass is 32.1. The maximum Gasteiger partial charge on any atom is 0.256 e. The number of hydrogen-bond acceptors (Lipinski definition) is 4. The van der Waals surface area contributed by atoms with Gasteiger partial charge in [0.1, 0.15) is 16.6 Å². The van der Waals surface area contributed by atoms with Gasteiger partial charge in [-0.1, -0.05) is 24.3 Å². The van der Waals surface area contributed by atoms with E-state index in [4.69, 9.17) is 4.74 Å². The number of ether oxygens (including phenoxy) is 1. The zero-order chi connectivity index (χ0) is 20.4. The van der Waals surface area contributed by atoms with Crippen molar-refractivity contribution in [3.63, 3.8) is 0 Å². The van der Waals surface area contributed by atoms with Crippen molar-refractivity contribution in [2.75, 3.05) is 12.4 Å². The van der Waals surface area contributed by atoms with Gasteiger partial charge in [0.05, 0.1) is 12.7 Å². The first kappa shape index (κ1) is 18.8. The van der Waals surface area contributed by atoms with Gasteiger partial charge in [0.25, 0.3) is 5.91 Å². The lowest BCUT2D eigenvalue weighted by Crippen LogP contribution is -2.15. The van der Waals surface area contributed by atoms with Crippen LogP contribution in [0.15, 0.2) is 77.6 Å². The van der Waals surface area contributed by atoms with E-state index in [2.05, 4.69) is 5.32 Å². The fourth-order valence-corrected chi connectivity index (χ4v) is 4.12. The molecule has 1 heterocycles. The van der Waals surface area contributed by atoms with Gasteiger partial charge in [-0.05, 0) is 54.1 Å². The molecule has 0 saturated heterocycles. The molecular weight excluding hydrogens is 389 g/mol. The van der Waals surface area contributed by atoms with Crippen molar-refractivity contribution < 1.29 is 13.9 Å². The van der Waals surface area contributed by atoms with Crippen molar-refractivity contribution in [2.45, 2.75) is 0 Å². The molecule has 0 fully saturated rings. The number of methoxy groups -OCH3 is 1. The van der Waals surface area contributed by atoms with Crippen molar-refractivity contribution in [3.05, 3.63) is 94.4 Å². The number of anilines is 1. The molecule has 0 unspecified atom stereocenters. The summed E-state index contributed by atoms with van der Waals surface area (Å²) in [6.07, 6.45) is 0. The van der Waals surface area contributed by atoms with E-state index in [0.29, 0.717) is 32.8 Å². The number of fused-ring (bicyclic) bond motifs is 1. The minimum Gasteiger partial charge on any atom is -0.497 e. The summed E-state index contributed by atoms with van der Waals surface area (Å²) in [7, 11) is 1.57. The summed E-state index contributed by atoms with van der Waals surface area (Å²) in [6, 6.07) is 19.6. The maximum atomic E-state index is 13.2. The van der Waals surface area contributed by atoms with E-state index in [0.717, 1.165) is 4.70 Å². The molecule has 0 aliphatic heterocycles. The Morgan fingerprint density at radius 3 is 2.34 bits per heavy atom. The molecule has 0 aliphatic carbocycles. The lowest BCUT2D eigenvalue weighted by atomic mass is 10.1. The van der Waals surface area contributed by atoms with E-state index in [1.165, 1.54) is 35.6 Å². The number of amides is 1. The molecule has 0 atom stereocenters. The first-order valence-electron chi connectivity index (χ1n) is 8.84. The second-order valence-electron chi connectivity index (χ2n) is 6.32. The Bertz CT molecular complexity index is 1250. The molecule has 0 saturated carbocycles. The molecule has 0 radical (unpaired) electrons. The summed E-state index contributed by atoms with van der Waals surface area (Å²) in [5.41, 5.74) is 1.22. The van der Waals surface area contributed by atoms with Crippen LogP contribution in [0.25, 0.3) is 21.2 Å². The Balaban J connectivity index is 1.85. The van der Waals surface area contributed by atoms with Crippen LogP contribution in [0.4, 0.5) is 9.39 Å². The zero-order valence-corrected chi connectivity index (χ0v) is 16.3. The number of benzene rings is 3. The van der Waals surface area contributed by atoms with Gasteiger partial charge in [0.15, 0.2) is 5.43 Å². The van der Waals surface area contributed by atoms with E-state index in [1.807, 2.05) is 18.2 Å². The minimum atomic E-state index is -0.421. The molecular formula is C23H16FNO3S. The van der Waals surface area contributed by atoms with Crippen molar-refractivity contribution in [1.82, 2.24) is 0 Å². The van der Waals surface area contributed by atoms with Crippen LogP contribution in [0.1, 0.15) is 10.4 Å². The number of carbonyl (C=O) groups excluding carboxylic acids is 1. The van der Waals surface area contributed by atoms with Gasteiger partial charge >= 0.3 is 0 Å². The topological polar surface area (TPSA) is 55.4 Å². The van der Waals surface area contributed by atoms with Crippen LogP contribution in [-0.4, -0.2) is 13.0 Å². The van der Waals surface area contributed by atoms with Gasteiger partial charge in [0.2, 0.25) is 0 Å². The zero-order valence-electron chi connectivity index (χ0n) is 15.4. The molecule has 0 bridgehead atoms. The van der Waals surface area contributed by atoms with E-state index < -0.39 is 11.7 Å². The molecule has 4 nitrogen and oxygen atoms in total. The normalized spacial score (nSPS) is 10.7. The number of carbonyl (C=O) groups is 1. The molecule has 0 spiro atoms. The molecule has 6 heteroatoms. The SMILES string of the molecule is COc1ccc(-c2c(NC(=O)c3ccc(F)cc3)sc3ccccc3c2=O)cc1. The molecule has 1 amide bonds. The molecule has 29 heavy (non-hydrogen) atoms. The van der Waals surface area contributed by atoms with Crippen LogP contribution < -0.4 is 15.5 Å². The summed E-state index contributed by atoms with van der Waals surface area (Å²) in [5.74, 6) is -0.163. The average Bonchev–Trinajstić information content (AvgIpc) is 2.74. The monoisotopic (exact) mass is 405 g/mol.